The molecule has 0 spiro atoms. The molecular formula is C17H28FN2O9P. The monoisotopic (exact) mass is 454 g/mol. The first-order chi connectivity index (χ1) is 13.8. The minimum atomic E-state index is -4.59. The highest BCUT2D eigenvalue weighted by molar-refractivity contribution is 7.53. The zero-order chi connectivity index (χ0) is 23.0. The molecule has 1 aliphatic heterocycles. The van der Waals surface area contributed by atoms with Gasteiger partial charge >= 0.3 is 13.3 Å². The zero-order valence-corrected chi connectivity index (χ0v) is 18.0. The summed E-state index contributed by atoms with van der Waals surface area (Å²) in [6.07, 6.45) is -5.07. The summed E-state index contributed by atoms with van der Waals surface area (Å²) in [5.74, 6) is -1.77. The summed E-state index contributed by atoms with van der Waals surface area (Å²) in [4.78, 5) is 34.1. The van der Waals surface area contributed by atoms with Crippen molar-refractivity contribution < 1.29 is 38.4 Å². The van der Waals surface area contributed by atoms with Gasteiger partial charge in [0.2, 0.25) is 0 Å². The Labute approximate surface area is 171 Å². The molecular weight excluding hydrogens is 426 g/mol. The van der Waals surface area contributed by atoms with E-state index in [0.29, 0.717) is 0 Å². The average molecular weight is 454 g/mol. The first kappa shape index (κ1) is 24.9. The zero-order valence-electron chi connectivity index (χ0n) is 17.1. The number of halogens is 1. The van der Waals surface area contributed by atoms with Gasteiger partial charge in [-0.15, -0.1) is 0 Å². The van der Waals surface area contributed by atoms with Crippen LogP contribution in [0.5, 0.6) is 0 Å². The fourth-order valence-electron chi connectivity index (χ4n) is 3.35. The van der Waals surface area contributed by atoms with Crippen molar-refractivity contribution in [1.82, 2.24) is 9.13 Å². The predicted octanol–water partition coefficient (Wildman–Crippen LogP) is -0.706. The largest absolute Gasteiger partial charge is 0.388 e. The van der Waals surface area contributed by atoms with Gasteiger partial charge < -0.3 is 29.5 Å². The van der Waals surface area contributed by atoms with Crippen molar-refractivity contribution in [1.29, 1.82) is 0 Å². The Morgan fingerprint density at radius 3 is 2.43 bits per heavy atom. The van der Waals surface area contributed by atoms with Gasteiger partial charge in [-0.2, -0.15) is 0 Å². The van der Waals surface area contributed by atoms with Crippen molar-refractivity contribution in [3.05, 3.63) is 32.6 Å². The summed E-state index contributed by atoms with van der Waals surface area (Å²) in [7, 11) is -1.94. The standard InChI is InChI=1S/C17H28FN2O9P/c1-5-17(8-18,29-30(26,27)9(2)21)6-11-12(22)13(23)14(28-11)10-7-19(3)16(25)20(4)15(10)24/h7,9,11-14,21-23H,5-6,8H2,1-4H3,(H,26,27)/t9?,11-,12-,13-,14+,17?/m1/s1. The van der Waals surface area contributed by atoms with E-state index in [2.05, 4.69) is 0 Å². The van der Waals surface area contributed by atoms with Crippen molar-refractivity contribution >= 4 is 7.60 Å². The molecule has 0 amide bonds. The van der Waals surface area contributed by atoms with E-state index >= 15 is 0 Å². The highest BCUT2D eigenvalue weighted by atomic mass is 31.2. The molecule has 13 heteroatoms. The van der Waals surface area contributed by atoms with Crippen LogP contribution in [0.25, 0.3) is 0 Å². The first-order valence-corrected chi connectivity index (χ1v) is 11.0. The van der Waals surface area contributed by atoms with Crippen molar-refractivity contribution in [2.75, 3.05) is 6.67 Å². The summed E-state index contributed by atoms with van der Waals surface area (Å²) >= 11 is 0. The Bertz CT molecular complexity index is 927. The number of aryl methyl sites for hydroxylation is 1. The minimum absolute atomic E-state index is 0.0891. The van der Waals surface area contributed by atoms with E-state index in [1.54, 1.807) is 0 Å². The van der Waals surface area contributed by atoms with E-state index in [4.69, 9.17) is 9.26 Å². The molecule has 2 heterocycles. The van der Waals surface area contributed by atoms with Crippen LogP contribution in [0.1, 0.15) is 38.4 Å². The SMILES string of the molecule is CCC(CF)(C[C@H]1O[C@@H](c2cn(C)c(=O)n(C)c2=O)[C@H](O)[C@@H]1O)OP(=O)(O)C(C)O. The smallest absolute Gasteiger partial charge is 0.356 e. The van der Waals surface area contributed by atoms with E-state index in [0.717, 1.165) is 16.1 Å². The molecule has 0 radical (unpaired) electrons. The second-order valence-corrected chi connectivity index (χ2v) is 9.64. The maximum Gasteiger partial charge on any atom is 0.356 e. The fraction of sp³-hybridized carbons (Fsp3) is 0.765. The molecule has 0 bridgehead atoms. The van der Waals surface area contributed by atoms with Crippen LogP contribution in [0, 0.1) is 0 Å². The minimum Gasteiger partial charge on any atom is -0.388 e. The van der Waals surface area contributed by atoms with Crippen LogP contribution in [0.3, 0.4) is 0 Å². The molecule has 11 nitrogen and oxygen atoms in total. The number of ether oxygens (including phenoxy) is 1. The number of rotatable bonds is 8. The molecule has 1 aliphatic rings. The van der Waals surface area contributed by atoms with Gasteiger partial charge in [-0.05, 0) is 13.3 Å². The van der Waals surface area contributed by atoms with Gasteiger partial charge in [-0.25, -0.2) is 9.18 Å². The van der Waals surface area contributed by atoms with Crippen molar-refractivity contribution in [3.63, 3.8) is 0 Å². The second-order valence-electron chi connectivity index (χ2n) is 7.58. The quantitative estimate of drug-likeness (QED) is 0.372. The third-order valence-electron chi connectivity index (χ3n) is 5.40. The Balaban J connectivity index is 2.36. The number of aromatic nitrogens is 2. The summed E-state index contributed by atoms with van der Waals surface area (Å²) < 4.78 is 38.6. The van der Waals surface area contributed by atoms with Crippen molar-refractivity contribution in [3.8, 4) is 0 Å². The lowest BCUT2D eigenvalue weighted by atomic mass is 9.91. The van der Waals surface area contributed by atoms with Gasteiger partial charge in [0.1, 0.15) is 30.6 Å². The van der Waals surface area contributed by atoms with Gasteiger partial charge in [0.25, 0.3) is 5.56 Å². The van der Waals surface area contributed by atoms with E-state index in [1.165, 1.54) is 27.2 Å². The van der Waals surface area contributed by atoms with E-state index in [-0.39, 0.29) is 12.0 Å². The fourth-order valence-corrected chi connectivity index (χ4v) is 4.31. The Morgan fingerprint density at radius 1 is 1.33 bits per heavy atom. The molecule has 0 aliphatic carbocycles. The molecule has 1 aromatic heterocycles. The Hall–Kier alpha value is -1.40. The van der Waals surface area contributed by atoms with Crippen LogP contribution < -0.4 is 11.2 Å². The highest BCUT2D eigenvalue weighted by Gasteiger charge is 2.50. The maximum atomic E-state index is 13.9. The average Bonchev–Trinajstić information content (AvgIpc) is 2.96. The summed E-state index contributed by atoms with van der Waals surface area (Å²) in [5.41, 5.74) is -3.29. The lowest BCUT2D eigenvalue weighted by molar-refractivity contribution is -0.0647. The van der Waals surface area contributed by atoms with Crippen LogP contribution in [0.4, 0.5) is 4.39 Å². The van der Waals surface area contributed by atoms with E-state index in [9.17, 15) is 38.8 Å². The van der Waals surface area contributed by atoms with E-state index < -0.39 is 67.8 Å². The molecule has 1 fully saturated rings. The number of hydrogen-bond acceptors (Lipinski definition) is 8. The van der Waals surface area contributed by atoms with Gasteiger partial charge in [0, 0.05) is 26.7 Å². The van der Waals surface area contributed by atoms with Crippen molar-refractivity contribution in [2.24, 2.45) is 14.1 Å². The maximum absolute atomic E-state index is 13.9. The van der Waals surface area contributed by atoms with Crippen molar-refractivity contribution in [2.45, 2.75) is 62.6 Å². The lowest BCUT2D eigenvalue weighted by Gasteiger charge is -2.35. The normalized spacial score (nSPS) is 29.4. The number of aliphatic hydroxyl groups is 3. The van der Waals surface area contributed by atoms with E-state index in [1.807, 2.05) is 0 Å². The van der Waals surface area contributed by atoms with Gasteiger partial charge in [0.15, 0.2) is 5.85 Å². The molecule has 30 heavy (non-hydrogen) atoms. The molecule has 172 valence electrons. The molecule has 7 atom stereocenters. The Morgan fingerprint density at radius 2 is 1.93 bits per heavy atom. The second kappa shape index (κ2) is 8.99. The first-order valence-electron chi connectivity index (χ1n) is 9.35. The molecule has 3 unspecified atom stereocenters. The van der Waals surface area contributed by atoms with Crippen LogP contribution in [-0.2, 0) is 27.9 Å². The number of nitrogens with zero attached hydrogens (tertiary/aromatic N) is 2. The number of aliphatic hydroxyl groups excluding tert-OH is 3. The van der Waals surface area contributed by atoms with Crippen LogP contribution in [0.15, 0.2) is 15.8 Å². The third-order valence-corrected chi connectivity index (χ3v) is 6.99. The van der Waals surface area contributed by atoms with Gasteiger partial charge in [-0.1, -0.05) is 6.92 Å². The van der Waals surface area contributed by atoms with Crippen LogP contribution in [0.2, 0.25) is 0 Å². The lowest BCUT2D eigenvalue weighted by Crippen LogP contribution is -2.42. The molecule has 1 saturated heterocycles. The summed E-state index contributed by atoms with van der Waals surface area (Å²) in [5, 5.41) is 30.3. The van der Waals surface area contributed by atoms with Gasteiger partial charge in [0.05, 0.1) is 11.7 Å². The number of hydrogen-bond donors (Lipinski definition) is 4. The van der Waals surface area contributed by atoms with Crippen LogP contribution >= 0.6 is 7.60 Å². The van der Waals surface area contributed by atoms with Gasteiger partial charge in [-0.3, -0.25) is 18.5 Å². The number of alkyl halides is 1. The molecule has 2 rings (SSSR count). The topological polar surface area (TPSA) is 160 Å². The Kier molecular flexibility index (Phi) is 7.45. The van der Waals surface area contributed by atoms with Crippen LogP contribution in [-0.4, -0.2) is 65.8 Å². The molecule has 1 aromatic rings. The molecule has 0 aromatic carbocycles. The molecule has 0 saturated carbocycles. The third kappa shape index (κ3) is 4.59. The summed E-state index contributed by atoms with van der Waals surface area (Å²) in [6.45, 7) is 1.28. The highest BCUT2D eigenvalue weighted by Crippen LogP contribution is 2.52. The predicted molar refractivity (Wildman–Crippen MR) is 103 cm³/mol. The molecule has 4 N–H and O–H groups in total. The summed E-state index contributed by atoms with van der Waals surface area (Å²) in [6, 6.07) is 0.